The Hall–Kier alpha value is -4.22. The van der Waals surface area contributed by atoms with Crippen LogP contribution < -0.4 is 26.5 Å². The van der Waals surface area contributed by atoms with Gasteiger partial charge in [-0.2, -0.15) is 0 Å². The normalized spacial score (nSPS) is 22.0. The Morgan fingerprint density at radius 2 is 1.47 bits per heavy atom. The highest BCUT2D eigenvalue weighted by Gasteiger charge is 2.54. The van der Waals surface area contributed by atoms with Crippen LogP contribution in [0.5, 0.6) is 11.5 Å². The molecule has 0 spiro atoms. The van der Waals surface area contributed by atoms with Gasteiger partial charge in [-0.25, -0.2) is 4.79 Å². The molecular weight excluding hydrogens is 550 g/mol. The molecule has 1 aromatic heterocycles. The van der Waals surface area contributed by atoms with Crippen molar-refractivity contribution in [1.29, 1.82) is 0 Å². The van der Waals surface area contributed by atoms with Crippen LogP contribution in [0, 0.1) is 12.8 Å². The average Bonchev–Trinajstić information content (AvgIpc) is 3.29. The van der Waals surface area contributed by atoms with Gasteiger partial charge in [-0.05, 0) is 47.9 Å². The topological polar surface area (TPSA) is 138 Å². The predicted molar refractivity (Wildman–Crippen MR) is 161 cm³/mol. The molecular formula is C33H37N3O7. The molecule has 4 aromatic rings. The number of nitrogens with one attached hydrogen (secondary N) is 1. The van der Waals surface area contributed by atoms with Crippen molar-refractivity contribution >= 4 is 0 Å². The number of aliphatic hydroxyl groups is 1. The lowest BCUT2D eigenvalue weighted by atomic mass is 9.79. The van der Waals surface area contributed by atoms with Crippen LogP contribution >= 0.6 is 0 Å². The number of aromatic amines is 1. The number of rotatable bonds is 10. The maximum absolute atomic E-state index is 12.8. The molecule has 10 heteroatoms. The van der Waals surface area contributed by atoms with Crippen molar-refractivity contribution in [3.05, 3.63) is 128 Å². The minimum atomic E-state index is -1.38. The van der Waals surface area contributed by atoms with E-state index in [0.717, 1.165) is 16.7 Å². The van der Waals surface area contributed by atoms with Gasteiger partial charge in [0.1, 0.15) is 28.9 Å². The van der Waals surface area contributed by atoms with Gasteiger partial charge in [0.15, 0.2) is 0 Å². The number of benzene rings is 3. The summed E-state index contributed by atoms with van der Waals surface area (Å²) in [4.78, 5) is 27.1. The minimum Gasteiger partial charge on any atom is -0.497 e. The van der Waals surface area contributed by atoms with E-state index in [-0.39, 0.29) is 13.2 Å². The number of ether oxygens (including phenoxy) is 4. The molecule has 3 aromatic carbocycles. The number of aryl methyl sites for hydroxylation is 1. The molecule has 4 atom stereocenters. The summed E-state index contributed by atoms with van der Waals surface area (Å²) in [6, 6.07) is 24.9. The third-order valence-electron chi connectivity index (χ3n) is 8.31. The van der Waals surface area contributed by atoms with Gasteiger partial charge in [-0.1, -0.05) is 61.5 Å². The number of aromatic nitrogens is 2. The molecule has 0 amide bonds. The van der Waals surface area contributed by atoms with Crippen LogP contribution in [-0.2, 0) is 15.1 Å². The highest BCUT2D eigenvalue weighted by atomic mass is 16.6. The van der Waals surface area contributed by atoms with Crippen molar-refractivity contribution in [2.75, 3.05) is 27.4 Å². The smallest absolute Gasteiger partial charge is 0.330 e. The van der Waals surface area contributed by atoms with Crippen LogP contribution in [0.25, 0.3) is 0 Å². The van der Waals surface area contributed by atoms with E-state index in [4.69, 9.17) is 24.7 Å². The first-order valence-electron chi connectivity index (χ1n) is 14.1. The summed E-state index contributed by atoms with van der Waals surface area (Å²) in [6.45, 7) is 3.15. The Bertz CT molecular complexity index is 1600. The number of hydrogen-bond acceptors (Lipinski definition) is 8. The molecule has 226 valence electrons. The minimum absolute atomic E-state index is 0.0951. The summed E-state index contributed by atoms with van der Waals surface area (Å²) in [5, 5.41) is 11.6. The lowest BCUT2D eigenvalue weighted by Gasteiger charge is -2.40. The average molecular weight is 588 g/mol. The standard InChI is InChI=1S/C33H37N3O7/c1-21-18-36(31(39)35-29(21)38)30-22(2)28(37)32(19-34,43-30)20-42-33(23-8-6-5-7-9-23,24-10-14-26(40-3)15-11-24)25-12-16-27(41-4)17-13-25/h5-18,22,28,30,37H,19-20,34H2,1-4H3,(H,35,38,39)/t22-,28+,30-,32-/m1/s1. The van der Waals surface area contributed by atoms with Crippen LogP contribution in [0.2, 0.25) is 0 Å². The molecule has 1 saturated heterocycles. The lowest BCUT2D eigenvalue weighted by molar-refractivity contribution is -0.156. The van der Waals surface area contributed by atoms with E-state index >= 15 is 0 Å². The zero-order chi connectivity index (χ0) is 30.8. The molecule has 43 heavy (non-hydrogen) atoms. The fourth-order valence-electron chi connectivity index (χ4n) is 5.79. The second kappa shape index (κ2) is 12.2. The van der Waals surface area contributed by atoms with E-state index in [9.17, 15) is 14.7 Å². The number of aliphatic hydroxyl groups excluding tert-OH is 1. The van der Waals surface area contributed by atoms with Gasteiger partial charge < -0.3 is 29.8 Å². The summed E-state index contributed by atoms with van der Waals surface area (Å²) < 4.78 is 25.6. The van der Waals surface area contributed by atoms with E-state index in [1.54, 1.807) is 28.1 Å². The molecule has 5 rings (SSSR count). The van der Waals surface area contributed by atoms with E-state index in [1.807, 2.05) is 78.9 Å². The fourth-order valence-corrected chi connectivity index (χ4v) is 5.79. The third kappa shape index (κ3) is 5.38. The van der Waals surface area contributed by atoms with Crippen molar-refractivity contribution in [2.45, 2.75) is 37.4 Å². The van der Waals surface area contributed by atoms with Gasteiger partial charge in [0.05, 0.1) is 26.9 Å². The van der Waals surface area contributed by atoms with Crippen LogP contribution in [0.3, 0.4) is 0 Å². The zero-order valence-corrected chi connectivity index (χ0v) is 24.7. The Labute approximate surface area is 249 Å². The molecule has 0 aliphatic carbocycles. The molecule has 1 fully saturated rings. The quantitative estimate of drug-likeness (QED) is 0.241. The molecule has 1 aliphatic rings. The summed E-state index contributed by atoms with van der Waals surface area (Å²) in [6.07, 6.45) is -0.550. The summed E-state index contributed by atoms with van der Waals surface area (Å²) in [5.74, 6) is 0.821. The molecule has 0 saturated carbocycles. The van der Waals surface area contributed by atoms with E-state index in [2.05, 4.69) is 4.98 Å². The van der Waals surface area contributed by atoms with Gasteiger partial charge in [0, 0.05) is 24.2 Å². The summed E-state index contributed by atoms with van der Waals surface area (Å²) >= 11 is 0. The van der Waals surface area contributed by atoms with Gasteiger partial charge in [0.2, 0.25) is 0 Å². The second-order valence-corrected chi connectivity index (χ2v) is 10.9. The van der Waals surface area contributed by atoms with Crippen LogP contribution in [0.1, 0.15) is 35.4 Å². The highest BCUT2D eigenvalue weighted by molar-refractivity contribution is 5.49. The van der Waals surface area contributed by atoms with Crippen molar-refractivity contribution in [3.8, 4) is 11.5 Å². The van der Waals surface area contributed by atoms with Crippen molar-refractivity contribution in [3.63, 3.8) is 0 Å². The van der Waals surface area contributed by atoms with E-state index in [1.165, 1.54) is 10.8 Å². The Morgan fingerprint density at radius 3 is 1.98 bits per heavy atom. The number of nitrogens with zero attached hydrogens (tertiary/aromatic N) is 1. The lowest BCUT2D eigenvalue weighted by Crippen LogP contribution is -2.53. The molecule has 1 aliphatic heterocycles. The van der Waals surface area contributed by atoms with E-state index < -0.39 is 40.7 Å². The largest absolute Gasteiger partial charge is 0.497 e. The van der Waals surface area contributed by atoms with Crippen molar-refractivity contribution in [2.24, 2.45) is 11.7 Å². The fraction of sp³-hybridized carbons (Fsp3) is 0.333. The first-order valence-corrected chi connectivity index (χ1v) is 14.1. The summed E-state index contributed by atoms with van der Waals surface area (Å²) in [7, 11) is 3.21. The van der Waals surface area contributed by atoms with Gasteiger partial charge in [0.25, 0.3) is 5.56 Å². The van der Waals surface area contributed by atoms with Gasteiger partial charge >= 0.3 is 5.69 Å². The van der Waals surface area contributed by atoms with Gasteiger partial charge in [-0.3, -0.25) is 14.3 Å². The number of nitrogens with two attached hydrogens (primary N) is 1. The third-order valence-corrected chi connectivity index (χ3v) is 8.31. The number of methoxy groups -OCH3 is 2. The second-order valence-electron chi connectivity index (χ2n) is 10.9. The Balaban J connectivity index is 1.62. The number of hydrogen-bond donors (Lipinski definition) is 3. The molecule has 0 bridgehead atoms. The van der Waals surface area contributed by atoms with Crippen molar-refractivity contribution < 1.29 is 24.1 Å². The monoisotopic (exact) mass is 587 g/mol. The Morgan fingerprint density at radius 1 is 0.930 bits per heavy atom. The van der Waals surface area contributed by atoms with Gasteiger partial charge in [-0.15, -0.1) is 0 Å². The van der Waals surface area contributed by atoms with Crippen molar-refractivity contribution in [1.82, 2.24) is 9.55 Å². The highest BCUT2D eigenvalue weighted by Crippen LogP contribution is 2.46. The molecule has 10 nitrogen and oxygen atoms in total. The van der Waals surface area contributed by atoms with E-state index in [0.29, 0.717) is 17.1 Å². The SMILES string of the molecule is COc1ccc(C(OC[C@@]2(CN)O[C@@H](n3cc(C)c(=O)[nH]c3=O)[C@H](C)[C@@H]2O)(c2ccccc2)c2ccc(OC)cc2)cc1. The summed E-state index contributed by atoms with van der Waals surface area (Å²) in [5.41, 5.74) is 5.46. The molecule has 4 N–H and O–H groups in total. The predicted octanol–water partition coefficient (Wildman–Crippen LogP) is 3.09. The van der Waals surface area contributed by atoms with Crippen LogP contribution in [0.4, 0.5) is 0 Å². The molecule has 0 unspecified atom stereocenters. The maximum atomic E-state index is 12.8. The van der Waals surface area contributed by atoms with Crippen LogP contribution in [0.15, 0.2) is 94.6 Å². The van der Waals surface area contributed by atoms with Crippen LogP contribution in [-0.4, -0.2) is 53.7 Å². The Kier molecular flexibility index (Phi) is 8.57. The maximum Gasteiger partial charge on any atom is 0.330 e. The first kappa shape index (κ1) is 30.2. The molecule has 0 radical (unpaired) electrons. The first-order chi connectivity index (χ1) is 20.7. The molecule has 2 heterocycles. The zero-order valence-electron chi connectivity index (χ0n) is 24.7. The number of H-pyrrole nitrogens is 1.